The van der Waals surface area contributed by atoms with E-state index in [1.807, 2.05) is 0 Å². The molecule has 182 valence electrons. The second-order valence-corrected chi connectivity index (χ2v) is 10.7. The molecule has 0 spiro atoms. The first-order chi connectivity index (χ1) is 15.9. The molecule has 0 amide bonds. The van der Waals surface area contributed by atoms with Crippen molar-refractivity contribution in [3.05, 3.63) is 29.3 Å². The van der Waals surface area contributed by atoms with Crippen LogP contribution >= 0.6 is 0 Å². The maximum absolute atomic E-state index is 12.3. The molecule has 2 heterocycles. The third kappa shape index (κ3) is 5.43. The molecule has 1 unspecified atom stereocenters. The van der Waals surface area contributed by atoms with Crippen molar-refractivity contribution >= 4 is 22.1 Å². The molecule has 0 aromatic heterocycles. The van der Waals surface area contributed by atoms with Gasteiger partial charge in [-0.3, -0.25) is 15.2 Å². The molecular weight excluding hydrogens is 440 g/mol. The molecule has 1 atom stereocenters. The lowest BCUT2D eigenvalue weighted by Gasteiger charge is -2.38. The summed E-state index contributed by atoms with van der Waals surface area (Å²) in [6, 6.07) is 6.64. The molecule has 3 aliphatic rings. The number of hydrogen-bond acceptors (Lipinski definition) is 6. The van der Waals surface area contributed by atoms with Crippen molar-refractivity contribution in [1.29, 1.82) is 0 Å². The molecule has 4 rings (SSSR count). The van der Waals surface area contributed by atoms with E-state index < -0.39 is 10.2 Å². The van der Waals surface area contributed by atoms with Crippen LogP contribution in [0.25, 0.3) is 0 Å². The molecule has 1 fully saturated rings. The lowest BCUT2D eigenvalue weighted by atomic mass is 9.85. The van der Waals surface area contributed by atoms with E-state index >= 15 is 0 Å². The van der Waals surface area contributed by atoms with Crippen molar-refractivity contribution in [2.45, 2.75) is 70.9 Å². The SMILES string of the molecule is CC(C)N1C(=NCCCOc2cccc3c2CCCC3N2CCCCC2)NC(N)=NS1(=O)=O. The zero-order valence-electron chi connectivity index (χ0n) is 19.7. The summed E-state index contributed by atoms with van der Waals surface area (Å²) in [4.78, 5) is 7.08. The minimum atomic E-state index is -3.86. The monoisotopic (exact) mass is 476 g/mol. The molecule has 2 aliphatic heterocycles. The number of piperidine rings is 1. The van der Waals surface area contributed by atoms with Crippen molar-refractivity contribution in [2.24, 2.45) is 15.1 Å². The number of guanidine groups is 2. The molecule has 1 saturated heterocycles. The van der Waals surface area contributed by atoms with Crippen molar-refractivity contribution < 1.29 is 13.2 Å². The zero-order chi connectivity index (χ0) is 23.4. The standard InChI is InChI=1S/C23H36N6O3S/c1-17(2)29-23(26-22(24)27-33(29,30)31)25-13-8-16-32-21-12-7-9-18-19(21)10-6-11-20(18)28-14-4-3-5-15-28/h7,9,12,17,20H,3-6,8,10-11,13-16H2,1-2H3,(H3,24,25,26,27). The van der Waals surface area contributed by atoms with Gasteiger partial charge in [0.05, 0.1) is 6.61 Å². The lowest BCUT2D eigenvalue weighted by Crippen LogP contribution is -2.56. The summed E-state index contributed by atoms with van der Waals surface area (Å²) >= 11 is 0. The Hall–Kier alpha value is -2.33. The van der Waals surface area contributed by atoms with Crippen LogP contribution in [-0.4, -0.2) is 61.8 Å². The van der Waals surface area contributed by atoms with E-state index in [1.54, 1.807) is 13.8 Å². The molecule has 33 heavy (non-hydrogen) atoms. The number of ether oxygens (including phenoxy) is 1. The Bertz CT molecular complexity index is 1000. The summed E-state index contributed by atoms with van der Waals surface area (Å²) < 4.78 is 35.4. The van der Waals surface area contributed by atoms with Gasteiger partial charge in [0.25, 0.3) is 0 Å². The zero-order valence-corrected chi connectivity index (χ0v) is 20.5. The number of nitrogens with two attached hydrogens (primary N) is 1. The Labute approximate surface area is 197 Å². The number of likely N-dealkylation sites (tertiary alicyclic amines) is 1. The smallest absolute Gasteiger partial charge is 0.350 e. The van der Waals surface area contributed by atoms with Crippen molar-refractivity contribution in [2.75, 3.05) is 26.2 Å². The Morgan fingerprint density at radius 2 is 2.03 bits per heavy atom. The first kappa shape index (κ1) is 23.8. The van der Waals surface area contributed by atoms with Crippen LogP contribution in [0.3, 0.4) is 0 Å². The van der Waals surface area contributed by atoms with Crippen LogP contribution in [0.4, 0.5) is 0 Å². The van der Waals surface area contributed by atoms with Gasteiger partial charge >= 0.3 is 10.2 Å². The van der Waals surface area contributed by atoms with Crippen LogP contribution in [0.2, 0.25) is 0 Å². The second kappa shape index (κ2) is 10.3. The molecule has 0 bridgehead atoms. The number of fused-ring (bicyclic) bond motifs is 1. The van der Waals surface area contributed by atoms with Crippen LogP contribution in [0.1, 0.15) is 69.5 Å². The summed E-state index contributed by atoms with van der Waals surface area (Å²) in [6.45, 7) is 6.86. The molecule has 0 saturated carbocycles. The Kier molecular flexibility index (Phi) is 7.43. The highest BCUT2D eigenvalue weighted by atomic mass is 32.2. The summed E-state index contributed by atoms with van der Waals surface area (Å²) in [5, 5.41) is 2.77. The Morgan fingerprint density at radius 3 is 2.79 bits per heavy atom. The maximum Gasteiger partial charge on any atom is 0.350 e. The van der Waals surface area contributed by atoms with Crippen LogP contribution in [-0.2, 0) is 16.6 Å². The van der Waals surface area contributed by atoms with Gasteiger partial charge < -0.3 is 10.5 Å². The average molecular weight is 477 g/mol. The number of aliphatic imine (C=N–C) groups is 1. The number of hydrogen-bond donors (Lipinski definition) is 2. The first-order valence-electron chi connectivity index (χ1n) is 12.1. The molecule has 1 aromatic rings. The number of nitrogens with zero attached hydrogens (tertiary/aromatic N) is 4. The molecule has 1 aromatic carbocycles. The molecule has 10 heteroatoms. The van der Waals surface area contributed by atoms with Gasteiger partial charge in [0.2, 0.25) is 11.9 Å². The average Bonchev–Trinajstić information content (AvgIpc) is 2.77. The third-order valence-corrected chi connectivity index (χ3v) is 7.98. The topological polar surface area (TPSA) is 113 Å². The fourth-order valence-corrected chi connectivity index (χ4v) is 6.29. The van der Waals surface area contributed by atoms with Crippen molar-refractivity contribution in [1.82, 2.24) is 14.5 Å². The lowest BCUT2D eigenvalue weighted by molar-refractivity contribution is 0.147. The van der Waals surface area contributed by atoms with E-state index in [0.717, 1.165) is 16.5 Å². The van der Waals surface area contributed by atoms with E-state index in [0.29, 0.717) is 25.6 Å². The highest BCUT2D eigenvalue weighted by Crippen LogP contribution is 2.39. The second-order valence-electron chi connectivity index (χ2n) is 9.20. The maximum atomic E-state index is 12.3. The number of nitrogens with one attached hydrogen (secondary N) is 1. The Balaban J connectivity index is 1.37. The van der Waals surface area contributed by atoms with Crippen LogP contribution in [0.15, 0.2) is 27.6 Å². The van der Waals surface area contributed by atoms with E-state index in [-0.39, 0.29) is 18.0 Å². The largest absolute Gasteiger partial charge is 0.493 e. The van der Waals surface area contributed by atoms with Crippen LogP contribution < -0.4 is 15.8 Å². The highest BCUT2D eigenvalue weighted by molar-refractivity contribution is 7.88. The fourth-order valence-electron chi connectivity index (χ4n) is 5.06. The summed E-state index contributed by atoms with van der Waals surface area (Å²) in [6.07, 6.45) is 8.08. The van der Waals surface area contributed by atoms with Crippen molar-refractivity contribution in [3.8, 4) is 5.75 Å². The highest BCUT2D eigenvalue weighted by Gasteiger charge is 2.33. The van der Waals surface area contributed by atoms with Crippen LogP contribution in [0, 0.1) is 0 Å². The van der Waals surface area contributed by atoms with Crippen LogP contribution in [0.5, 0.6) is 5.75 Å². The van der Waals surface area contributed by atoms with Gasteiger partial charge in [-0.15, -0.1) is 4.40 Å². The van der Waals surface area contributed by atoms with Gasteiger partial charge in [0.1, 0.15) is 5.75 Å². The molecule has 1 aliphatic carbocycles. The van der Waals surface area contributed by atoms with Gasteiger partial charge in [0, 0.05) is 25.0 Å². The molecule has 9 nitrogen and oxygen atoms in total. The minimum Gasteiger partial charge on any atom is -0.493 e. The van der Waals surface area contributed by atoms with E-state index in [2.05, 4.69) is 37.8 Å². The predicted molar refractivity (Wildman–Crippen MR) is 131 cm³/mol. The molecule has 3 N–H and O–H groups in total. The number of benzene rings is 1. The summed E-state index contributed by atoms with van der Waals surface area (Å²) in [7, 11) is -3.86. The normalized spacial score (nSPS) is 24.3. The molecular formula is C23H36N6O3S. The first-order valence-corrected chi connectivity index (χ1v) is 13.5. The van der Waals surface area contributed by atoms with Gasteiger partial charge in [-0.1, -0.05) is 18.6 Å². The fraction of sp³-hybridized carbons (Fsp3) is 0.652. The van der Waals surface area contributed by atoms with Crippen molar-refractivity contribution in [3.63, 3.8) is 0 Å². The minimum absolute atomic E-state index is 0.166. The third-order valence-electron chi connectivity index (χ3n) is 6.47. The van der Waals surface area contributed by atoms with Gasteiger partial charge in [-0.05, 0) is 76.2 Å². The van der Waals surface area contributed by atoms with E-state index in [4.69, 9.17) is 10.5 Å². The van der Waals surface area contributed by atoms with Gasteiger partial charge in [-0.2, -0.15) is 8.42 Å². The van der Waals surface area contributed by atoms with E-state index in [1.165, 1.54) is 56.3 Å². The number of rotatable bonds is 7. The summed E-state index contributed by atoms with van der Waals surface area (Å²) in [5.74, 6) is 1.01. The Morgan fingerprint density at radius 1 is 1.24 bits per heavy atom. The molecule has 0 radical (unpaired) electrons. The quantitative estimate of drug-likeness (QED) is 0.585. The van der Waals surface area contributed by atoms with Gasteiger partial charge in [-0.25, -0.2) is 4.31 Å². The van der Waals surface area contributed by atoms with Gasteiger partial charge in [0.15, 0.2) is 0 Å². The van der Waals surface area contributed by atoms with E-state index in [9.17, 15) is 8.42 Å². The summed E-state index contributed by atoms with van der Waals surface area (Å²) in [5.41, 5.74) is 8.40. The predicted octanol–water partition coefficient (Wildman–Crippen LogP) is 2.55.